The molecule has 0 radical (unpaired) electrons. The molecule has 0 unspecified atom stereocenters. The van der Waals surface area contributed by atoms with Gasteiger partial charge in [-0.15, -0.1) is 0 Å². The van der Waals surface area contributed by atoms with E-state index < -0.39 is 90.8 Å². The molecule has 8 rings (SSSR count). The van der Waals surface area contributed by atoms with Crippen LogP contribution in [0.25, 0.3) is 0 Å². The molecule has 8 aliphatic rings. The predicted molar refractivity (Wildman–Crippen MR) is 244 cm³/mol. The SMILES string of the molecule is CC[C@H](C)[C@H]1O[C@]2(CC[C@@H]1C)C[C@@H]1C[C@@H](C/C=C(\C)[C@@H](O[C@H]3C[C@H](OC)[C@@H](O[C@H]4C[C@H](OC)[C@@H](O)[C@H](C)O4)[C@H](C)O3)[C@@H](C)/C=C/C=C3\CO[C@@H]4[C@H](OC(=O)C5CC5)C(C)=C[C@@H](C(=O)O1)[C@]34O)O2. The number of ether oxygens (including phenoxy) is 11. The van der Waals surface area contributed by atoms with E-state index in [9.17, 15) is 19.8 Å². The summed E-state index contributed by atoms with van der Waals surface area (Å²) in [5.41, 5.74) is 0.238. The number of carbonyl (C=O) groups excluding carboxylic acids is 2. The van der Waals surface area contributed by atoms with E-state index in [0.29, 0.717) is 61.5 Å². The van der Waals surface area contributed by atoms with E-state index in [1.807, 2.05) is 32.1 Å². The van der Waals surface area contributed by atoms with Crippen molar-refractivity contribution in [3.05, 3.63) is 47.1 Å². The summed E-state index contributed by atoms with van der Waals surface area (Å²) in [6.45, 7) is 16.3. The van der Waals surface area contributed by atoms with Gasteiger partial charge in [0.2, 0.25) is 0 Å². The van der Waals surface area contributed by atoms with Crippen molar-refractivity contribution in [2.24, 2.45) is 29.6 Å². The zero-order chi connectivity index (χ0) is 47.9. The number of rotatable bonds is 10. The number of hydrogen-bond donors (Lipinski definition) is 2. The average molecular weight is 943 g/mol. The lowest BCUT2D eigenvalue weighted by molar-refractivity contribution is -0.340. The molecule has 15 nitrogen and oxygen atoms in total. The Morgan fingerprint density at radius 1 is 0.910 bits per heavy atom. The van der Waals surface area contributed by atoms with Crippen LogP contribution in [0.5, 0.6) is 0 Å². The number of carbonyl (C=O) groups is 2. The number of esters is 2. The number of aliphatic hydroxyl groups is 2. The molecule has 0 aromatic heterocycles. The number of methoxy groups -OCH3 is 2. The number of fused-ring (bicyclic) bond motifs is 2. The van der Waals surface area contributed by atoms with Crippen LogP contribution in [0, 0.1) is 29.6 Å². The maximum absolute atomic E-state index is 14.7. The van der Waals surface area contributed by atoms with Gasteiger partial charge >= 0.3 is 11.9 Å². The third-order valence-electron chi connectivity index (χ3n) is 16.1. The third kappa shape index (κ3) is 10.7. The van der Waals surface area contributed by atoms with Crippen molar-refractivity contribution < 1.29 is 71.9 Å². The Labute approximate surface area is 397 Å². The maximum atomic E-state index is 14.7. The monoisotopic (exact) mass is 943 g/mol. The van der Waals surface area contributed by atoms with Crippen LogP contribution in [0.4, 0.5) is 0 Å². The summed E-state index contributed by atoms with van der Waals surface area (Å²) < 4.78 is 70.6. The van der Waals surface area contributed by atoms with Crippen molar-refractivity contribution in [3.8, 4) is 0 Å². The Hall–Kier alpha value is -2.54. The quantitative estimate of drug-likeness (QED) is 0.178. The van der Waals surface area contributed by atoms with Gasteiger partial charge in [-0.05, 0) is 81.9 Å². The van der Waals surface area contributed by atoms with Crippen LogP contribution in [0.15, 0.2) is 47.1 Å². The van der Waals surface area contributed by atoms with Gasteiger partial charge in [0, 0.05) is 52.2 Å². The highest BCUT2D eigenvalue weighted by Gasteiger charge is 2.62. The first kappa shape index (κ1) is 50.8. The topological polar surface area (TPSA) is 176 Å². The molecule has 6 aliphatic heterocycles. The lowest BCUT2D eigenvalue weighted by Gasteiger charge is -2.51. The van der Waals surface area contributed by atoms with Gasteiger partial charge in [0.1, 0.15) is 35.9 Å². The number of allylic oxidation sites excluding steroid dienone is 2. The molecular formula is C52H78O15. The molecule has 2 aliphatic carbocycles. The summed E-state index contributed by atoms with van der Waals surface area (Å²) in [6, 6.07) is 0. The van der Waals surface area contributed by atoms with Gasteiger partial charge in [-0.3, -0.25) is 9.59 Å². The minimum Gasteiger partial charge on any atom is -0.462 e. The molecule has 2 N–H and O–H groups in total. The molecule has 1 saturated carbocycles. The highest BCUT2D eigenvalue weighted by Crippen LogP contribution is 2.49. The normalized spacial score (nSPS) is 47.6. The van der Waals surface area contributed by atoms with Crippen molar-refractivity contribution in [3.63, 3.8) is 0 Å². The van der Waals surface area contributed by atoms with Crippen LogP contribution in [0.2, 0.25) is 0 Å². The van der Waals surface area contributed by atoms with Gasteiger partial charge in [-0.1, -0.05) is 64.5 Å². The summed E-state index contributed by atoms with van der Waals surface area (Å²) in [5.74, 6) is -2.68. The van der Waals surface area contributed by atoms with E-state index in [0.717, 1.165) is 31.3 Å². The molecule has 376 valence electrons. The van der Waals surface area contributed by atoms with Crippen LogP contribution in [0.3, 0.4) is 0 Å². The lowest BCUT2D eigenvalue weighted by Crippen LogP contribution is -2.59. The average Bonchev–Trinajstić information content (AvgIpc) is 4.10. The van der Waals surface area contributed by atoms with Crippen molar-refractivity contribution in [1.82, 2.24) is 0 Å². The maximum Gasteiger partial charge on any atom is 0.316 e. The first-order valence-electron chi connectivity index (χ1n) is 25.2. The van der Waals surface area contributed by atoms with Crippen LogP contribution in [-0.4, -0.2) is 140 Å². The van der Waals surface area contributed by atoms with Crippen LogP contribution in [0.1, 0.15) is 120 Å². The van der Waals surface area contributed by atoms with Crippen LogP contribution < -0.4 is 0 Å². The molecule has 67 heavy (non-hydrogen) atoms. The van der Waals surface area contributed by atoms with Gasteiger partial charge in [0.05, 0.1) is 55.3 Å². The fourth-order valence-corrected chi connectivity index (χ4v) is 11.6. The second kappa shape index (κ2) is 21.0. The smallest absolute Gasteiger partial charge is 0.316 e. The fraction of sp³-hybridized carbons (Fsp3) is 0.808. The second-order valence-electron chi connectivity index (χ2n) is 21.0. The van der Waals surface area contributed by atoms with E-state index in [1.54, 1.807) is 27.2 Å². The van der Waals surface area contributed by atoms with Gasteiger partial charge in [-0.2, -0.15) is 0 Å². The standard InChI is InChI=1S/C52H78O15/c1-11-27(2)45-30(5)19-20-51(67-45)25-37-22-36(66-51)18-15-29(4)44(63-42-24-40(58-10)47(33(8)61-42)64-41-23-39(57-9)43(53)32(7)60-41)28(3)13-12-14-35-26-59-48-46(65-49(54)34-16-17-34)31(6)21-38(50(55)62-37)52(35,48)56/h12-15,21,27-28,30,32-34,36-48,53,56H,11,16-20,22-26H2,1-10H3/b13-12+,29-15+,35-14+/t27-,28-,30-,32-,33-,36+,37-,38-,39-,40-,41-,42-,43-,44-,45+,46+,47-,48+,51+,52+/m0/s1. The Morgan fingerprint density at radius 3 is 2.34 bits per heavy atom. The number of hydrogen-bond acceptors (Lipinski definition) is 15. The van der Waals surface area contributed by atoms with Crippen molar-refractivity contribution >= 4 is 11.9 Å². The largest absolute Gasteiger partial charge is 0.462 e. The molecule has 15 heteroatoms. The van der Waals surface area contributed by atoms with Crippen molar-refractivity contribution in [2.75, 3.05) is 20.8 Å². The molecule has 6 heterocycles. The van der Waals surface area contributed by atoms with Gasteiger partial charge in [-0.25, -0.2) is 0 Å². The number of aliphatic hydroxyl groups excluding tert-OH is 1. The van der Waals surface area contributed by atoms with Crippen molar-refractivity contribution in [2.45, 2.75) is 217 Å². The van der Waals surface area contributed by atoms with E-state index >= 15 is 0 Å². The van der Waals surface area contributed by atoms with E-state index in [-0.39, 0.29) is 42.7 Å². The van der Waals surface area contributed by atoms with E-state index in [1.165, 1.54) is 0 Å². The highest BCUT2D eigenvalue weighted by atomic mass is 16.7. The first-order chi connectivity index (χ1) is 32.0. The lowest BCUT2D eigenvalue weighted by atomic mass is 9.70. The van der Waals surface area contributed by atoms with Crippen LogP contribution >= 0.6 is 0 Å². The molecule has 5 saturated heterocycles. The van der Waals surface area contributed by atoms with E-state index in [2.05, 4.69) is 40.7 Å². The summed E-state index contributed by atoms with van der Waals surface area (Å²) in [6.07, 6.45) is 8.18. The molecule has 1 spiro atoms. The first-order valence-corrected chi connectivity index (χ1v) is 25.2. The Kier molecular flexibility index (Phi) is 16.0. The van der Waals surface area contributed by atoms with Gasteiger partial charge < -0.3 is 62.3 Å². The zero-order valence-corrected chi connectivity index (χ0v) is 41.3. The van der Waals surface area contributed by atoms with Gasteiger partial charge in [0.25, 0.3) is 0 Å². The molecule has 0 amide bonds. The molecular weight excluding hydrogens is 865 g/mol. The molecule has 20 atom stereocenters. The molecule has 0 aromatic rings. The summed E-state index contributed by atoms with van der Waals surface area (Å²) in [4.78, 5) is 27.8. The fourth-order valence-electron chi connectivity index (χ4n) is 11.6. The molecule has 2 bridgehead atoms. The second-order valence-corrected chi connectivity index (χ2v) is 21.0. The summed E-state index contributed by atoms with van der Waals surface area (Å²) in [5, 5.41) is 23.5. The highest BCUT2D eigenvalue weighted by molar-refractivity contribution is 5.79. The summed E-state index contributed by atoms with van der Waals surface area (Å²) in [7, 11) is 3.23. The molecule has 0 aromatic carbocycles. The Morgan fingerprint density at radius 2 is 1.63 bits per heavy atom. The zero-order valence-electron chi connectivity index (χ0n) is 41.3. The van der Waals surface area contributed by atoms with Crippen molar-refractivity contribution in [1.29, 1.82) is 0 Å². The minimum atomic E-state index is -1.85. The minimum absolute atomic E-state index is 0.0221. The third-order valence-corrected chi connectivity index (χ3v) is 16.1. The van der Waals surface area contributed by atoms with Crippen LogP contribution in [-0.2, 0) is 61.7 Å². The summed E-state index contributed by atoms with van der Waals surface area (Å²) >= 11 is 0. The Balaban J connectivity index is 1.10. The predicted octanol–water partition coefficient (Wildman–Crippen LogP) is 6.56. The molecule has 6 fully saturated rings. The van der Waals surface area contributed by atoms with E-state index in [4.69, 9.17) is 52.1 Å². The Bertz CT molecular complexity index is 1870. The van der Waals surface area contributed by atoms with Gasteiger partial charge in [0.15, 0.2) is 24.5 Å².